The second-order valence-electron chi connectivity index (χ2n) is 4.50. The summed E-state index contributed by atoms with van der Waals surface area (Å²) in [5.41, 5.74) is 1.11. The van der Waals surface area contributed by atoms with E-state index in [0.29, 0.717) is 13.0 Å². The quantitative estimate of drug-likeness (QED) is 0.753. The van der Waals surface area contributed by atoms with E-state index < -0.39 is 0 Å². The molecule has 0 saturated carbocycles. The van der Waals surface area contributed by atoms with Crippen LogP contribution >= 0.6 is 23.1 Å². The molecule has 112 valence electrons. The zero-order valence-corrected chi connectivity index (χ0v) is 13.6. The summed E-state index contributed by atoms with van der Waals surface area (Å²) < 4.78 is 5.41. The Morgan fingerprint density at radius 2 is 2.14 bits per heavy atom. The van der Waals surface area contributed by atoms with Gasteiger partial charge in [-0.25, -0.2) is 0 Å². The second-order valence-corrected chi connectivity index (χ2v) is 6.44. The van der Waals surface area contributed by atoms with Gasteiger partial charge in [-0.1, -0.05) is 18.2 Å². The predicted octanol–water partition coefficient (Wildman–Crippen LogP) is 3.73. The van der Waals surface area contributed by atoms with Crippen LogP contribution in [0.15, 0.2) is 52.1 Å². The van der Waals surface area contributed by atoms with E-state index in [-0.39, 0.29) is 12.0 Å². The molecule has 1 aromatic heterocycles. The maximum Gasteiger partial charge on any atom is 0.220 e. The number of methoxy groups -OCH3 is 1. The van der Waals surface area contributed by atoms with Gasteiger partial charge in [0.2, 0.25) is 5.91 Å². The predicted molar refractivity (Wildman–Crippen MR) is 88.9 cm³/mol. The minimum Gasteiger partial charge on any atom is -0.375 e. The van der Waals surface area contributed by atoms with E-state index in [9.17, 15) is 4.79 Å². The van der Waals surface area contributed by atoms with Gasteiger partial charge in [0.05, 0.1) is 0 Å². The highest BCUT2D eigenvalue weighted by molar-refractivity contribution is 7.99. The van der Waals surface area contributed by atoms with Crippen molar-refractivity contribution in [3.8, 4) is 0 Å². The zero-order valence-electron chi connectivity index (χ0n) is 12.0. The van der Waals surface area contributed by atoms with Gasteiger partial charge >= 0.3 is 0 Å². The maximum absolute atomic E-state index is 11.8. The smallest absolute Gasteiger partial charge is 0.220 e. The molecule has 3 nitrogen and oxygen atoms in total. The molecular formula is C16H19NO2S2. The van der Waals surface area contributed by atoms with Crippen LogP contribution in [0.4, 0.5) is 0 Å². The number of carbonyl (C=O) groups is 1. The van der Waals surface area contributed by atoms with Crippen molar-refractivity contribution >= 4 is 29.0 Å². The Morgan fingerprint density at radius 3 is 2.81 bits per heavy atom. The third-order valence-corrected chi connectivity index (χ3v) is 4.74. The SMILES string of the molecule is COC(CNC(=O)CCSc1ccccc1)c1ccsc1. The number of nitrogens with one attached hydrogen (secondary N) is 1. The average molecular weight is 321 g/mol. The highest BCUT2D eigenvalue weighted by Gasteiger charge is 2.12. The van der Waals surface area contributed by atoms with E-state index in [4.69, 9.17) is 4.74 Å². The fraction of sp³-hybridized carbons (Fsp3) is 0.312. The molecule has 1 aromatic carbocycles. The Morgan fingerprint density at radius 1 is 1.33 bits per heavy atom. The maximum atomic E-state index is 11.8. The summed E-state index contributed by atoms with van der Waals surface area (Å²) >= 11 is 3.33. The number of benzene rings is 1. The molecule has 0 aliphatic carbocycles. The molecular weight excluding hydrogens is 302 g/mol. The van der Waals surface area contributed by atoms with Crippen molar-refractivity contribution in [3.05, 3.63) is 52.7 Å². The van der Waals surface area contributed by atoms with Crippen LogP contribution in [0.3, 0.4) is 0 Å². The molecule has 0 aliphatic rings. The third kappa shape index (κ3) is 5.53. The first-order valence-corrected chi connectivity index (χ1v) is 8.72. The number of carbonyl (C=O) groups excluding carboxylic acids is 1. The molecule has 2 rings (SSSR count). The van der Waals surface area contributed by atoms with Gasteiger partial charge in [-0.2, -0.15) is 11.3 Å². The lowest BCUT2D eigenvalue weighted by Gasteiger charge is -2.14. The van der Waals surface area contributed by atoms with Crippen LogP contribution < -0.4 is 5.32 Å². The number of ether oxygens (including phenoxy) is 1. The van der Waals surface area contributed by atoms with Crippen LogP contribution in [-0.2, 0) is 9.53 Å². The van der Waals surface area contributed by atoms with Gasteiger partial charge in [0, 0.05) is 30.7 Å². The molecule has 1 amide bonds. The van der Waals surface area contributed by atoms with Crippen LogP contribution in [0.2, 0.25) is 0 Å². The first-order valence-electron chi connectivity index (χ1n) is 6.79. The fourth-order valence-corrected chi connectivity index (χ4v) is 3.44. The summed E-state index contributed by atoms with van der Waals surface area (Å²) in [7, 11) is 1.67. The monoisotopic (exact) mass is 321 g/mol. The van der Waals surface area contributed by atoms with Crippen molar-refractivity contribution in [1.29, 1.82) is 0 Å². The molecule has 1 N–H and O–H groups in total. The lowest BCUT2D eigenvalue weighted by atomic mass is 10.2. The lowest BCUT2D eigenvalue weighted by molar-refractivity contribution is -0.121. The highest BCUT2D eigenvalue weighted by atomic mass is 32.2. The van der Waals surface area contributed by atoms with E-state index in [1.54, 1.807) is 30.2 Å². The Labute approximate surface area is 133 Å². The summed E-state index contributed by atoms with van der Waals surface area (Å²) in [6, 6.07) is 12.1. The van der Waals surface area contributed by atoms with Crippen LogP contribution in [0, 0.1) is 0 Å². The Kier molecular flexibility index (Phi) is 6.79. The molecule has 0 fully saturated rings. The number of amides is 1. The van der Waals surface area contributed by atoms with Crippen LogP contribution in [0.25, 0.3) is 0 Å². The summed E-state index contributed by atoms with van der Waals surface area (Å²) in [5.74, 6) is 0.849. The normalized spacial score (nSPS) is 12.0. The van der Waals surface area contributed by atoms with Gasteiger partial charge < -0.3 is 10.1 Å². The minimum absolute atomic E-state index is 0.0655. The summed E-state index contributed by atoms with van der Waals surface area (Å²) in [6.07, 6.45) is 0.446. The van der Waals surface area contributed by atoms with Crippen LogP contribution in [-0.4, -0.2) is 25.3 Å². The van der Waals surface area contributed by atoms with E-state index in [0.717, 1.165) is 11.3 Å². The van der Waals surface area contributed by atoms with Crippen LogP contribution in [0.1, 0.15) is 18.1 Å². The number of thiophene rings is 1. The molecule has 0 radical (unpaired) electrons. The van der Waals surface area contributed by atoms with E-state index >= 15 is 0 Å². The molecule has 21 heavy (non-hydrogen) atoms. The molecule has 0 aliphatic heterocycles. The van der Waals surface area contributed by atoms with E-state index in [1.165, 1.54) is 4.90 Å². The van der Waals surface area contributed by atoms with Gasteiger partial charge in [0.25, 0.3) is 0 Å². The van der Waals surface area contributed by atoms with E-state index in [1.807, 2.05) is 35.0 Å². The number of rotatable bonds is 8. The van der Waals surface area contributed by atoms with Crippen molar-refractivity contribution in [2.45, 2.75) is 17.4 Å². The lowest BCUT2D eigenvalue weighted by Crippen LogP contribution is -2.29. The average Bonchev–Trinajstić information content (AvgIpc) is 3.03. The molecule has 1 unspecified atom stereocenters. The summed E-state index contributed by atoms with van der Waals surface area (Å²) in [5, 5.41) is 7.00. The highest BCUT2D eigenvalue weighted by Crippen LogP contribution is 2.19. The Balaban J connectivity index is 1.67. The molecule has 1 heterocycles. The molecule has 0 bridgehead atoms. The number of hydrogen-bond donors (Lipinski definition) is 1. The first kappa shape index (κ1) is 16.1. The van der Waals surface area contributed by atoms with Crippen LogP contribution in [0.5, 0.6) is 0 Å². The van der Waals surface area contributed by atoms with Gasteiger partial charge in [-0.05, 0) is 34.5 Å². The topological polar surface area (TPSA) is 38.3 Å². The van der Waals surface area contributed by atoms with Gasteiger partial charge in [-0.3, -0.25) is 4.79 Å². The molecule has 0 spiro atoms. The standard InChI is InChI=1S/C16H19NO2S2/c1-19-15(13-7-9-20-12-13)11-17-16(18)8-10-21-14-5-3-2-4-6-14/h2-7,9,12,15H,8,10-11H2,1H3,(H,17,18). The van der Waals surface area contributed by atoms with Crippen molar-refractivity contribution in [3.63, 3.8) is 0 Å². The van der Waals surface area contributed by atoms with Gasteiger partial charge in [0.15, 0.2) is 0 Å². The minimum atomic E-state index is -0.0676. The molecule has 5 heteroatoms. The van der Waals surface area contributed by atoms with Crippen molar-refractivity contribution in [2.75, 3.05) is 19.4 Å². The van der Waals surface area contributed by atoms with Crippen molar-refractivity contribution < 1.29 is 9.53 Å². The number of hydrogen-bond acceptors (Lipinski definition) is 4. The van der Waals surface area contributed by atoms with Crippen molar-refractivity contribution in [1.82, 2.24) is 5.32 Å². The Bertz CT molecular complexity index is 528. The Hall–Kier alpha value is -1.30. The summed E-state index contributed by atoms with van der Waals surface area (Å²) in [6.45, 7) is 0.516. The second kappa shape index (κ2) is 8.87. The fourth-order valence-electron chi connectivity index (χ4n) is 1.87. The van der Waals surface area contributed by atoms with Crippen molar-refractivity contribution in [2.24, 2.45) is 0 Å². The molecule has 2 aromatic rings. The van der Waals surface area contributed by atoms with E-state index in [2.05, 4.69) is 17.4 Å². The molecule has 1 atom stereocenters. The first-order chi connectivity index (χ1) is 10.3. The largest absolute Gasteiger partial charge is 0.375 e. The zero-order chi connectivity index (χ0) is 14.9. The van der Waals surface area contributed by atoms with Gasteiger partial charge in [0.1, 0.15) is 6.10 Å². The molecule has 0 saturated heterocycles. The van der Waals surface area contributed by atoms with Gasteiger partial charge in [-0.15, -0.1) is 11.8 Å². The number of thioether (sulfide) groups is 1. The summed E-state index contributed by atoms with van der Waals surface area (Å²) in [4.78, 5) is 13.0. The third-order valence-electron chi connectivity index (χ3n) is 3.03.